The van der Waals surface area contributed by atoms with Crippen molar-refractivity contribution in [1.29, 1.82) is 0 Å². The number of pyridine rings is 1. The first-order valence-electron chi connectivity index (χ1n) is 9.54. The van der Waals surface area contributed by atoms with E-state index in [2.05, 4.69) is 96.3 Å². The van der Waals surface area contributed by atoms with Gasteiger partial charge in [-0.05, 0) is 40.6 Å². The third kappa shape index (κ3) is 3.21. The minimum absolute atomic E-state index is 0.801. The summed E-state index contributed by atoms with van der Waals surface area (Å²) in [5.41, 5.74) is 5.56. The van der Waals surface area contributed by atoms with Crippen LogP contribution in [-0.4, -0.2) is 4.98 Å². The predicted octanol–water partition coefficient (Wildman–Crippen LogP) is 6.67. The molecule has 1 aromatic heterocycles. The van der Waals surface area contributed by atoms with E-state index in [0.29, 0.717) is 0 Å². The summed E-state index contributed by atoms with van der Waals surface area (Å²) < 4.78 is 0. The van der Waals surface area contributed by atoms with E-state index < -0.39 is 0 Å². The second kappa shape index (κ2) is 7.16. The van der Waals surface area contributed by atoms with Crippen LogP contribution < -0.4 is 5.32 Å². The van der Waals surface area contributed by atoms with Crippen LogP contribution >= 0.6 is 0 Å². The Bertz CT molecular complexity index is 1250. The molecule has 0 fully saturated rings. The molecule has 0 aliphatic carbocycles. The quantitative estimate of drug-likeness (QED) is 0.387. The lowest BCUT2D eigenvalue weighted by molar-refractivity contribution is 1.17. The van der Waals surface area contributed by atoms with Gasteiger partial charge >= 0.3 is 0 Å². The maximum absolute atomic E-state index is 4.78. The summed E-state index contributed by atoms with van der Waals surface area (Å²) in [4.78, 5) is 4.78. The van der Waals surface area contributed by atoms with E-state index in [4.69, 9.17) is 4.98 Å². The third-order valence-corrected chi connectivity index (χ3v) is 5.14. The highest BCUT2D eigenvalue weighted by Crippen LogP contribution is 2.24. The van der Waals surface area contributed by atoms with E-state index in [1.165, 1.54) is 21.7 Å². The summed E-state index contributed by atoms with van der Waals surface area (Å²) in [6.45, 7) is 0.801. The molecular weight excluding hydrogens is 340 g/mol. The van der Waals surface area contributed by atoms with E-state index in [0.717, 1.165) is 29.0 Å². The van der Waals surface area contributed by atoms with Gasteiger partial charge in [-0.15, -0.1) is 0 Å². The monoisotopic (exact) mass is 360 g/mol. The summed E-state index contributed by atoms with van der Waals surface area (Å²) in [5, 5.41) is 7.29. The average Bonchev–Trinajstić information content (AvgIpc) is 2.77. The van der Waals surface area contributed by atoms with Crippen LogP contribution in [0, 0.1) is 0 Å². The number of fused-ring (bicyclic) bond motifs is 2. The summed E-state index contributed by atoms with van der Waals surface area (Å²) in [7, 11) is 0. The lowest BCUT2D eigenvalue weighted by Gasteiger charge is -2.10. The molecule has 1 N–H and O–H groups in total. The van der Waals surface area contributed by atoms with Crippen molar-refractivity contribution >= 4 is 27.4 Å². The largest absolute Gasteiger partial charge is 0.381 e. The summed E-state index contributed by atoms with van der Waals surface area (Å²) >= 11 is 0. The van der Waals surface area contributed by atoms with Gasteiger partial charge in [0.05, 0.1) is 11.2 Å². The first-order chi connectivity index (χ1) is 13.9. The number of nitrogens with one attached hydrogen (secondary N) is 1. The van der Waals surface area contributed by atoms with Crippen molar-refractivity contribution in [1.82, 2.24) is 4.98 Å². The molecular formula is C26H20N2. The molecule has 5 rings (SSSR count). The fourth-order valence-electron chi connectivity index (χ4n) is 3.63. The van der Waals surface area contributed by atoms with Crippen LogP contribution in [0.3, 0.4) is 0 Å². The van der Waals surface area contributed by atoms with Gasteiger partial charge in [-0.25, -0.2) is 4.98 Å². The molecule has 2 heteroatoms. The number of nitrogens with zero attached hydrogens (tertiary/aromatic N) is 1. The van der Waals surface area contributed by atoms with E-state index in [9.17, 15) is 0 Å². The molecule has 28 heavy (non-hydrogen) atoms. The van der Waals surface area contributed by atoms with Gasteiger partial charge in [-0.2, -0.15) is 0 Å². The zero-order valence-corrected chi connectivity index (χ0v) is 15.5. The number of anilines is 1. The Kier molecular flexibility index (Phi) is 4.23. The van der Waals surface area contributed by atoms with Crippen molar-refractivity contribution < 1.29 is 0 Å². The van der Waals surface area contributed by atoms with Crippen LogP contribution in [0.15, 0.2) is 103 Å². The Hall–Kier alpha value is -3.65. The normalized spacial score (nSPS) is 11.0. The molecule has 0 amide bonds. The molecule has 0 radical (unpaired) electrons. The zero-order valence-electron chi connectivity index (χ0n) is 15.5. The van der Waals surface area contributed by atoms with Gasteiger partial charge in [0.2, 0.25) is 0 Å². The van der Waals surface area contributed by atoms with Crippen LogP contribution in [0.5, 0.6) is 0 Å². The van der Waals surface area contributed by atoms with Gasteiger partial charge in [-0.3, -0.25) is 0 Å². The molecule has 0 saturated carbocycles. The predicted molar refractivity (Wildman–Crippen MR) is 118 cm³/mol. The molecule has 0 unspecified atom stereocenters. The second-order valence-electron chi connectivity index (χ2n) is 6.96. The van der Waals surface area contributed by atoms with Crippen molar-refractivity contribution in [3.05, 3.63) is 109 Å². The maximum atomic E-state index is 4.78. The number of benzene rings is 4. The molecule has 4 aromatic carbocycles. The average molecular weight is 360 g/mol. The molecule has 134 valence electrons. The first kappa shape index (κ1) is 16.5. The zero-order chi connectivity index (χ0) is 18.8. The highest BCUT2D eigenvalue weighted by atomic mass is 14.9. The van der Waals surface area contributed by atoms with E-state index in [1.807, 2.05) is 12.1 Å². The van der Waals surface area contributed by atoms with Crippen molar-refractivity contribution in [2.24, 2.45) is 0 Å². The molecule has 1 heterocycles. The number of hydrogen-bond donors (Lipinski definition) is 1. The highest BCUT2D eigenvalue weighted by Gasteiger charge is 2.03. The number of rotatable bonds is 4. The first-order valence-corrected chi connectivity index (χ1v) is 9.54. The standard InChI is InChI=1S/C26H20N2/c1-3-10-24-19(6-1)8-5-9-22(24)18-27-23-15-12-21(13-16-23)26-17-14-20-7-2-4-11-25(20)28-26/h1-17,27H,18H2. The smallest absolute Gasteiger partial charge is 0.0709 e. The molecule has 0 aliphatic heterocycles. The molecule has 5 aromatic rings. The Labute approximate surface area is 164 Å². The summed E-state index contributed by atoms with van der Waals surface area (Å²) in [6.07, 6.45) is 0. The summed E-state index contributed by atoms with van der Waals surface area (Å²) in [5.74, 6) is 0. The van der Waals surface area contributed by atoms with Crippen molar-refractivity contribution in [2.75, 3.05) is 5.32 Å². The summed E-state index contributed by atoms with van der Waals surface area (Å²) in [6, 6.07) is 35.9. The third-order valence-electron chi connectivity index (χ3n) is 5.14. The van der Waals surface area contributed by atoms with Gasteiger partial charge in [0.15, 0.2) is 0 Å². The van der Waals surface area contributed by atoms with Gasteiger partial charge in [-0.1, -0.05) is 78.9 Å². The van der Waals surface area contributed by atoms with Crippen LogP contribution in [0.2, 0.25) is 0 Å². The number of hydrogen-bond acceptors (Lipinski definition) is 2. The van der Waals surface area contributed by atoms with E-state index in [-0.39, 0.29) is 0 Å². The van der Waals surface area contributed by atoms with Crippen LogP contribution in [0.1, 0.15) is 5.56 Å². The molecule has 0 saturated heterocycles. The molecule has 0 bridgehead atoms. The molecule has 2 nitrogen and oxygen atoms in total. The Balaban J connectivity index is 1.36. The van der Waals surface area contributed by atoms with Gasteiger partial charge in [0.1, 0.15) is 0 Å². The van der Waals surface area contributed by atoms with Crippen LogP contribution in [0.25, 0.3) is 32.9 Å². The lowest BCUT2D eigenvalue weighted by atomic mass is 10.0. The van der Waals surface area contributed by atoms with Crippen molar-refractivity contribution in [3.8, 4) is 11.3 Å². The van der Waals surface area contributed by atoms with Crippen LogP contribution in [-0.2, 0) is 6.54 Å². The van der Waals surface area contributed by atoms with E-state index >= 15 is 0 Å². The van der Waals surface area contributed by atoms with Crippen molar-refractivity contribution in [2.45, 2.75) is 6.54 Å². The fraction of sp³-hybridized carbons (Fsp3) is 0.0385. The van der Waals surface area contributed by atoms with Crippen LogP contribution in [0.4, 0.5) is 5.69 Å². The highest BCUT2D eigenvalue weighted by molar-refractivity contribution is 5.86. The Morgan fingerprint density at radius 2 is 1.36 bits per heavy atom. The van der Waals surface area contributed by atoms with Gasteiger partial charge in [0, 0.05) is 23.2 Å². The SMILES string of the molecule is c1ccc2nc(-c3ccc(NCc4cccc5ccccc45)cc3)ccc2c1. The lowest BCUT2D eigenvalue weighted by Crippen LogP contribution is -2.00. The number of aromatic nitrogens is 1. The Morgan fingerprint density at radius 1 is 0.607 bits per heavy atom. The minimum atomic E-state index is 0.801. The van der Waals surface area contributed by atoms with Gasteiger partial charge in [0.25, 0.3) is 0 Å². The maximum Gasteiger partial charge on any atom is 0.0709 e. The number of para-hydroxylation sites is 1. The molecule has 0 atom stereocenters. The molecule has 0 spiro atoms. The van der Waals surface area contributed by atoms with E-state index in [1.54, 1.807) is 0 Å². The Morgan fingerprint density at radius 3 is 2.25 bits per heavy atom. The molecule has 0 aliphatic rings. The second-order valence-corrected chi connectivity index (χ2v) is 6.96. The van der Waals surface area contributed by atoms with Gasteiger partial charge < -0.3 is 5.32 Å². The van der Waals surface area contributed by atoms with Crippen molar-refractivity contribution in [3.63, 3.8) is 0 Å². The fourth-order valence-corrected chi connectivity index (χ4v) is 3.63. The topological polar surface area (TPSA) is 24.9 Å². The minimum Gasteiger partial charge on any atom is -0.381 e.